The van der Waals surface area contributed by atoms with Crippen LogP contribution in [0.4, 0.5) is 0 Å². The molecule has 1 fully saturated rings. The molecule has 1 heterocycles. The van der Waals surface area contributed by atoms with Crippen molar-refractivity contribution < 1.29 is 9.84 Å². The van der Waals surface area contributed by atoms with Gasteiger partial charge < -0.3 is 15.2 Å². The van der Waals surface area contributed by atoms with Crippen LogP contribution in [0.15, 0.2) is 24.3 Å². The summed E-state index contributed by atoms with van der Waals surface area (Å²) in [5.41, 5.74) is 1.27. The van der Waals surface area contributed by atoms with Crippen molar-refractivity contribution in [1.82, 2.24) is 5.32 Å². The summed E-state index contributed by atoms with van der Waals surface area (Å²) < 4.78 is 5.14. The minimum Gasteiger partial charge on any atom is -0.497 e. The number of aliphatic hydroxyl groups is 1. The average Bonchev–Trinajstić information content (AvgIpc) is 2.78. The Morgan fingerprint density at radius 1 is 1.38 bits per heavy atom. The van der Waals surface area contributed by atoms with Crippen molar-refractivity contribution in [3.05, 3.63) is 29.8 Å². The summed E-state index contributed by atoms with van der Waals surface area (Å²) in [6.45, 7) is 2.83. The van der Waals surface area contributed by atoms with Crippen molar-refractivity contribution in [3.8, 4) is 5.75 Å². The fourth-order valence-electron chi connectivity index (χ4n) is 2.46. The maximum Gasteiger partial charge on any atom is 0.118 e. The molecular formula is C13H19NO2. The summed E-state index contributed by atoms with van der Waals surface area (Å²) in [4.78, 5) is 0. The normalized spacial score (nSPS) is 26.7. The van der Waals surface area contributed by atoms with Crippen LogP contribution in [0.25, 0.3) is 0 Å². The first-order valence-electron chi connectivity index (χ1n) is 5.78. The third-order valence-electron chi connectivity index (χ3n) is 3.33. The molecule has 2 rings (SSSR count). The Balaban J connectivity index is 2.16. The smallest absolute Gasteiger partial charge is 0.118 e. The molecule has 2 N–H and O–H groups in total. The van der Waals surface area contributed by atoms with Gasteiger partial charge in [0.2, 0.25) is 0 Å². The van der Waals surface area contributed by atoms with Gasteiger partial charge in [0, 0.05) is 12.0 Å². The Kier molecular flexibility index (Phi) is 3.46. The molecule has 0 unspecified atom stereocenters. The number of ether oxygens (including phenoxy) is 1. The predicted octanol–water partition coefficient (Wildman–Crippen LogP) is 1.52. The van der Waals surface area contributed by atoms with Gasteiger partial charge in [-0.15, -0.1) is 0 Å². The van der Waals surface area contributed by atoms with Crippen LogP contribution in [-0.2, 0) is 0 Å². The van der Waals surface area contributed by atoms with Crippen LogP contribution < -0.4 is 10.1 Å². The lowest BCUT2D eigenvalue weighted by Gasteiger charge is -2.22. The fraction of sp³-hybridized carbons (Fsp3) is 0.538. The summed E-state index contributed by atoms with van der Waals surface area (Å²) >= 11 is 0. The first-order chi connectivity index (χ1) is 7.72. The van der Waals surface area contributed by atoms with Gasteiger partial charge in [-0.2, -0.15) is 0 Å². The molecule has 88 valence electrons. The van der Waals surface area contributed by atoms with E-state index in [0.717, 1.165) is 18.7 Å². The van der Waals surface area contributed by atoms with E-state index in [2.05, 4.69) is 17.4 Å². The van der Waals surface area contributed by atoms with Crippen LogP contribution in [0.5, 0.6) is 5.75 Å². The predicted molar refractivity (Wildman–Crippen MR) is 63.8 cm³/mol. The Hall–Kier alpha value is -1.06. The molecule has 3 atom stereocenters. The van der Waals surface area contributed by atoms with Crippen LogP contribution in [0.1, 0.15) is 24.8 Å². The van der Waals surface area contributed by atoms with E-state index >= 15 is 0 Å². The molecule has 0 amide bonds. The van der Waals surface area contributed by atoms with Gasteiger partial charge in [-0.25, -0.2) is 0 Å². The molecule has 3 heteroatoms. The minimum atomic E-state index is -0.311. The minimum absolute atomic E-state index is 0.174. The summed E-state index contributed by atoms with van der Waals surface area (Å²) in [7, 11) is 1.67. The highest BCUT2D eigenvalue weighted by atomic mass is 16.5. The molecule has 0 aliphatic carbocycles. The summed E-state index contributed by atoms with van der Waals surface area (Å²) in [5.74, 6) is 1.29. The Bertz CT molecular complexity index is 334. The topological polar surface area (TPSA) is 41.5 Å². The second-order valence-corrected chi connectivity index (χ2v) is 4.39. The zero-order chi connectivity index (χ0) is 11.5. The van der Waals surface area contributed by atoms with Gasteiger partial charge in [0.05, 0.1) is 13.2 Å². The van der Waals surface area contributed by atoms with Gasteiger partial charge >= 0.3 is 0 Å². The van der Waals surface area contributed by atoms with Gasteiger partial charge in [-0.05, 0) is 37.6 Å². The van der Waals surface area contributed by atoms with Crippen molar-refractivity contribution >= 4 is 0 Å². The average molecular weight is 221 g/mol. The number of rotatable bonds is 3. The Morgan fingerprint density at radius 2 is 2.06 bits per heavy atom. The molecule has 1 aliphatic rings. The van der Waals surface area contributed by atoms with Crippen molar-refractivity contribution in [2.75, 3.05) is 13.7 Å². The molecular weight excluding hydrogens is 202 g/mol. The Labute approximate surface area is 96.4 Å². The van der Waals surface area contributed by atoms with Gasteiger partial charge in [0.1, 0.15) is 5.75 Å². The zero-order valence-corrected chi connectivity index (χ0v) is 9.81. The van der Waals surface area contributed by atoms with Crippen molar-refractivity contribution in [1.29, 1.82) is 0 Å². The van der Waals surface area contributed by atoms with E-state index < -0.39 is 0 Å². The second kappa shape index (κ2) is 4.85. The first-order valence-corrected chi connectivity index (χ1v) is 5.78. The largest absolute Gasteiger partial charge is 0.497 e. The van der Waals surface area contributed by atoms with E-state index in [1.807, 2.05) is 19.1 Å². The number of hydrogen-bond donors (Lipinski definition) is 2. The molecule has 1 aromatic carbocycles. The van der Waals surface area contributed by atoms with Crippen LogP contribution in [0, 0.1) is 0 Å². The summed E-state index contributed by atoms with van der Waals surface area (Å²) in [6, 6.07) is 8.31. The molecule has 16 heavy (non-hydrogen) atoms. The first kappa shape index (κ1) is 11.4. The van der Waals surface area contributed by atoms with E-state index in [9.17, 15) is 5.11 Å². The van der Waals surface area contributed by atoms with Crippen LogP contribution in [0.2, 0.25) is 0 Å². The highest BCUT2D eigenvalue weighted by Crippen LogP contribution is 2.30. The monoisotopic (exact) mass is 221 g/mol. The molecule has 0 aromatic heterocycles. The van der Waals surface area contributed by atoms with E-state index in [1.165, 1.54) is 5.56 Å². The zero-order valence-electron chi connectivity index (χ0n) is 9.81. The number of methoxy groups -OCH3 is 1. The number of aliphatic hydroxyl groups excluding tert-OH is 1. The highest BCUT2D eigenvalue weighted by Gasteiger charge is 2.31. The van der Waals surface area contributed by atoms with Gasteiger partial charge in [-0.1, -0.05) is 12.1 Å². The molecule has 1 aliphatic heterocycles. The van der Waals surface area contributed by atoms with Gasteiger partial charge in [-0.3, -0.25) is 0 Å². The van der Waals surface area contributed by atoms with E-state index in [4.69, 9.17) is 4.74 Å². The van der Waals surface area contributed by atoms with Crippen molar-refractivity contribution in [3.63, 3.8) is 0 Å². The fourth-order valence-corrected chi connectivity index (χ4v) is 2.46. The quantitative estimate of drug-likeness (QED) is 0.813. The summed E-state index contributed by atoms with van der Waals surface area (Å²) in [6.07, 6.45) is 0.775. The molecule has 3 nitrogen and oxygen atoms in total. The molecule has 0 saturated carbocycles. The van der Waals surface area contributed by atoms with Crippen molar-refractivity contribution in [2.24, 2.45) is 0 Å². The van der Waals surface area contributed by atoms with Crippen LogP contribution in [-0.4, -0.2) is 30.9 Å². The van der Waals surface area contributed by atoms with Crippen LogP contribution in [0.3, 0.4) is 0 Å². The molecule has 1 saturated heterocycles. The van der Waals surface area contributed by atoms with Gasteiger partial charge in [0.15, 0.2) is 0 Å². The summed E-state index contributed by atoms with van der Waals surface area (Å²) in [5, 5.41) is 13.0. The van der Waals surface area contributed by atoms with E-state index in [1.54, 1.807) is 7.11 Å². The number of benzene rings is 1. The van der Waals surface area contributed by atoms with E-state index in [0.29, 0.717) is 5.92 Å². The van der Waals surface area contributed by atoms with Crippen LogP contribution >= 0.6 is 0 Å². The molecule has 0 spiro atoms. The maximum atomic E-state index is 9.70. The third-order valence-corrected chi connectivity index (χ3v) is 3.33. The van der Waals surface area contributed by atoms with E-state index in [-0.39, 0.29) is 12.1 Å². The second-order valence-electron chi connectivity index (χ2n) is 4.39. The standard InChI is InChI=1S/C13H19NO2/c1-9(15)13-12(7-8-14-13)10-3-5-11(16-2)6-4-10/h3-6,9,12-15H,7-8H2,1-2H3/t9-,12+,13+/m1/s1. The number of hydrogen-bond acceptors (Lipinski definition) is 3. The lowest BCUT2D eigenvalue weighted by Crippen LogP contribution is -2.36. The third kappa shape index (κ3) is 2.20. The SMILES string of the molecule is COc1ccc([C@@H]2CCN[C@H]2[C@@H](C)O)cc1. The lowest BCUT2D eigenvalue weighted by molar-refractivity contribution is 0.147. The Morgan fingerprint density at radius 3 is 2.62 bits per heavy atom. The molecule has 0 radical (unpaired) electrons. The number of nitrogens with one attached hydrogen (secondary N) is 1. The maximum absolute atomic E-state index is 9.70. The molecule has 0 bridgehead atoms. The molecule has 1 aromatic rings. The lowest BCUT2D eigenvalue weighted by atomic mass is 9.89. The van der Waals surface area contributed by atoms with Gasteiger partial charge in [0.25, 0.3) is 0 Å². The van der Waals surface area contributed by atoms with Crippen molar-refractivity contribution in [2.45, 2.75) is 31.4 Å². The highest BCUT2D eigenvalue weighted by molar-refractivity contribution is 5.31.